The fourth-order valence-electron chi connectivity index (χ4n) is 3.37. The molecule has 0 bridgehead atoms. The summed E-state index contributed by atoms with van der Waals surface area (Å²) in [5.41, 5.74) is 13.8. The van der Waals surface area contributed by atoms with Crippen LogP contribution in [0.2, 0.25) is 0 Å². The molecule has 0 spiro atoms. The van der Waals surface area contributed by atoms with E-state index in [0.29, 0.717) is 29.2 Å². The minimum Gasteiger partial charge on any atom is -0.497 e. The molecule has 0 unspecified atom stereocenters. The molecule has 35 heavy (non-hydrogen) atoms. The summed E-state index contributed by atoms with van der Waals surface area (Å²) in [6.07, 6.45) is 1.59. The number of hydrogen-bond donors (Lipinski definition) is 3. The number of nitrogens with two attached hydrogens (primary N) is 1. The van der Waals surface area contributed by atoms with Crippen molar-refractivity contribution in [1.29, 1.82) is 0 Å². The summed E-state index contributed by atoms with van der Waals surface area (Å²) < 4.78 is 5.17. The summed E-state index contributed by atoms with van der Waals surface area (Å²) in [5, 5.41) is 7.34. The molecule has 4 aromatic rings. The summed E-state index contributed by atoms with van der Waals surface area (Å²) in [6, 6.07) is 24.4. The molecule has 1 aromatic heterocycles. The lowest BCUT2D eigenvalue weighted by atomic mass is 10.1. The largest absolute Gasteiger partial charge is 0.497 e. The van der Waals surface area contributed by atoms with E-state index in [2.05, 4.69) is 25.8 Å². The monoisotopic (exact) mass is 466 g/mol. The first-order chi connectivity index (χ1) is 17.0. The summed E-state index contributed by atoms with van der Waals surface area (Å²) >= 11 is 0. The number of hydrazone groups is 1. The second-order valence-corrected chi connectivity index (χ2v) is 7.78. The number of nitrogen functional groups attached to an aromatic ring is 1. The number of carbonyl (C=O) groups excluding carboxylic acids is 1. The zero-order valence-corrected chi connectivity index (χ0v) is 19.5. The van der Waals surface area contributed by atoms with Crippen LogP contribution >= 0.6 is 0 Å². The first-order valence-corrected chi connectivity index (χ1v) is 11.0. The van der Waals surface area contributed by atoms with Gasteiger partial charge in [0.2, 0.25) is 0 Å². The molecule has 3 aromatic carbocycles. The molecule has 0 saturated carbocycles. The van der Waals surface area contributed by atoms with Gasteiger partial charge in [0.1, 0.15) is 11.4 Å². The van der Waals surface area contributed by atoms with Crippen LogP contribution in [0.5, 0.6) is 5.75 Å². The summed E-state index contributed by atoms with van der Waals surface area (Å²) in [7, 11) is 1.62. The highest BCUT2D eigenvalue weighted by atomic mass is 16.5. The molecule has 8 nitrogen and oxygen atoms in total. The second kappa shape index (κ2) is 10.9. The van der Waals surface area contributed by atoms with E-state index in [-0.39, 0.29) is 11.7 Å². The van der Waals surface area contributed by atoms with Crippen LogP contribution in [0.4, 0.5) is 11.5 Å². The molecule has 0 fully saturated rings. The van der Waals surface area contributed by atoms with Gasteiger partial charge in [-0.15, -0.1) is 0 Å². The van der Waals surface area contributed by atoms with Gasteiger partial charge in [0.15, 0.2) is 5.82 Å². The van der Waals surface area contributed by atoms with Crippen LogP contribution in [0.1, 0.15) is 28.5 Å². The molecule has 0 aliphatic carbocycles. The molecule has 0 aliphatic rings. The van der Waals surface area contributed by atoms with Gasteiger partial charge in [-0.1, -0.05) is 42.5 Å². The number of anilines is 2. The van der Waals surface area contributed by atoms with Crippen LogP contribution in [0.3, 0.4) is 0 Å². The van der Waals surface area contributed by atoms with E-state index in [9.17, 15) is 4.79 Å². The third-order valence-corrected chi connectivity index (χ3v) is 5.30. The van der Waals surface area contributed by atoms with Gasteiger partial charge in [-0.2, -0.15) is 5.10 Å². The highest BCUT2D eigenvalue weighted by molar-refractivity contribution is 6.01. The average molecular weight is 467 g/mol. The number of hydrogen-bond acceptors (Lipinski definition) is 7. The van der Waals surface area contributed by atoms with Crippen molar-refractivity contribution in [2.45, 2.75) is 13.5 Å². The molecular weight excluding hydrogens is 440 g/mol. The molecule has 0 saturated heterocycles. The van der Waals surface area contributed by atoms with E-state index in [0.717, 1.165) is 22.6 Å². The Morgan fingerprint density at radius 1 is 1.03 bits per heavy atom. The van der Waals surface area contributed by atoms with Crippen molar-refractivity contribution in [3.63, 3.8) is 0 Å². The number of nitrogens with zero attached hydrogens (tertiary/aromatic N) is 3. The van der Waals surface area contributed by atoms with E-state index in [4.69, 9.17) is 10.5 Å². The maximum absolute atomic E-state index is 12.7. The number of ether oxygens (including phenoxy) is 1. The first kappa shape index (κ1) is 23.4. The fraction of sp³-hybridized carbons (Fsp3) is 0.111. The number of amides is 1. The minimum absolute atomic E-state index is 0.166. The van der Waals surface area contributed by atoms with E-state index in [1.807, 2.05) is 66.7 Å². The van der Waals surface area contributed by atoms with Crippen LogP contribution in [0.25, 0.3) is 11.3 Å². The van der Waals surface area contributed by atoms with Crippen LogP contribution in [0, 0.1) is 0 Å². The molecule has 1 amide bonds. The molecule has 8 heteroatoms. The third kappa shape index (κ3) is 6.00. The Balaban J connectivity index is 1.51. The normalized spacial score (nSPS) is 11.1. The third-order valence-electron chi connectivity index (χ3n) is 5.30. The summed E-state index contributed by atoms with van der Waals surface area (Å²) in [5.74, 6) is 0.860. The highest BCUT2D eigenvalue weighted by Crippen LogP contribution is 2.21. The van der Waals surface area contributed by atoms with Gasteiger partial charge < -0.3 is 15.8 Å². The van der Waals surface area contributed by atoms with E-state index in [1.165, 1.54) is 0 Å². The topological polar surface area (TPSA) is 115 Å². The van der Waals surface area contributed by atoms with Crippen molar-refractivity contribution in [3.05, 3.63) is 102 Å². The van der Waals surface area contributed by atoms with Gasteiger partial charge in [-0.25, -0.2) is 9.97 Å². The molecule has 0 aliphatic heterocycles. The van der Waals surface area contributed by atoms with Crippen molar-refractivity contribution in [2.75, 3.05) is 18.3 Å². The van der Waals surface area contributed by atoms with Crippen LogP contribution < -0.4 is 21.2 Å². The number of methoxy groups -OCH3 is 1. The second-order valence-electron chi connectivity index (χ2n) is 7.78. The van der Waals surface area contributed by atoms with Gasteiger partial charge in [-0.05, 0) is 48.9 Å². The van der Waals surface area contributed by atoms with Gasteiger partial charge in [0.25, 0.3) is 5.91 Å². The number of rotatable bonds is 8. The van der Waals surface area contributed by atoms with Crippen LogP contribution in [0.15, 0.2) is 90.2 Å². The number of benzene rings is 3. The molecular formula is C27H26N6O2. The number of nitrogens with one attached hydrogen (secondary N) is 2. The average Bonchev–Trinajstić information content (AvgIpc) is 2.91. The lowest BCUT2D eigenvalue weighted by Crippen LogP contribution is -2.22. The standard InChI is InChI=1S/C27H26N6O2/c1-18(32-33-22-11-13-23(35-2)14-12-22)25-26(28)29-17-24(31-25)20-9-6-10-21(15-20)27(34)30-16-19-7-4-3-5-8-19/h3-15,17,33H,16H2,1-2H3,(H2,28,29)(H,30,34)/b32-18-. The lowest BCUT2D eigenvalue weighted by Gasteiger charge is -2.10. The Morgan fingerprint density at radius 2 is 1.80 bits per heavy atom. The summed E-state index contributed by atoms with van der Waals surface area (Å²) in [4.78, 5) is 21.6. The highest BCUT2D eigenvalue weighted by Gasteiger charge is 2.12. The number of carbonyl (C=O) groups is 1. The Morgan fingerprint density at radius 3 is 2.54 bits per heavy atom. The Kier molecular flexibility index (Phi) is 7.32. The smallest absolute Gasteiger partial charge is 0.251 e. The Bertz CT molecular complexity index is 1340. The van der Waals surface area contributed by atoms with Crippen LogP contribution in [-0.2, 0) is 6.54 Å². The zero-order chi connectivity index (χ0) is 24.6. The van der Waals surface area contributed by atoms with Crippen molar-refractivity contribution in [3.8, 4) is 17.0 Å². The Hall–Kier alpha value is -4.72. The van der Waals surface area contributed by atoms with Crippen molar-refractivity contribution in [2.24, 2.45) is 5.10 Å². The maximum atomic E-state index is 12.7. The maximum Gasteiger partial charge on any atom is 0.251 e. The molecule has 4 rings (SSSR count). The fourth-order valence-corrected chi connectivity index (χ4v) is 3.37. The minimum atomic E-state index is -0.166. The predicted octanol–water partition coefficient (Wildman–Crippen LogP) is 4.50. The van der Waals surface area contributed by atoms with Gasteiger partial charge in [0, 0.05) is 17.7 Å². The van der Waals surface area contributed by atoms with Crippen molar-refractivity contribution in [1.82, 2.24) is 15.3 Å². The van der Waals surface area contributed by atoms with Gasteiger partial charge in [-0.3, -0.25) is 10.2 Å². The van der Waals surface area contributed by atoms with Gasteiger partial charge >= 0.3 is 0 Å². The van der Waals surface area contributed by atoms with Crippen molar-refractivity contribution >= 4 is 23.1 Å². The van der Waals surface area contributed by atoms with E-state index < -0.39 is 0 Å². The SMILES string of the molecule is COc1ccc(N/N=C(/C)c2nc(-c3cccc(C(=O)NCc4ccccc4)c3)cnc2N)cc1. The lowest BCUT2D eigenvalue weighted by molar-refractivity contribution is 0.0951. The molecule has 4 N–H and O–H groups in total. The molecule has 0 radical (unpaired) electrons. The van der Waals surface area contributed by atoms with E-state index >= 15 is 0 Å². The Labute approximate surface area is 203 Å². The van der Waals surface area contributed by atoms with Crippen LogP contribution in [-0.4, -0.2) is 28.7 Å². The first-order valence-electron chi connectivity index (χ1n) is 11.0. The van der Waals surface area contributed by atoms with Gasteiger partial charge in [0.05, 0.1) is 30.4 Å². The molecule has 176 valence electrons. The van der Waals surface area contributed by atoms with Crippen molar-refractivity contribution < 1.29 is 9.53 Å². The summed E-state index contributed by atoms with van der Waals surface area (Å²) in [6.45, 7) is 2.25. The molecule has 0 atom stereocenters. The number of aromatic nitrogens is 2. The van der Waals surface area contributed by atoms with E-state index in [1.54, 1.807) is 32.4 Å². The molecule has 1 heterocycles. The quantitative estimate of drug-likeness (QED) is 0.260. The predicted molar refractivity (Wildman–Crippen MR) is 138 cm³/mol. The zero-order valence-electron chi connectivity index (χ0n) is 19.5.